The molecular formula is C14H24N4O. The number of aliphatic hydroxyl groups is 1. The van der Waals surface area contributed by atoms with Crippen molar-refractivity contribution >= 4 is 11.6 Å². The highest BCUT2D eigenvalue weighted by molar-refractivity contribution is 5.46. The average Bonchev–Trinajstić information content (AvgIpc) is 2.68. The summed E-state index contributed by atoms with van der Waals surface area (Å²) in [6.45, 7) is 0.932. The Hall–Kier alpha value is -1.36. The van der Waals surface area contributed by atoms with E-state index < -0.39 is 0 Å². The van der Waals surface area contributed by atoms with Crippen LogP contribution in [0, 0.1) is 0 Å². The first-order chi connectivity index (χ1) is 9.38. The van der Waals surface area contributed by atoms with Crippen molar-refractivity contribution in [3.05, 3.63) is 12.4 Å². The van der Waals surface area contributed by atoms with Crippen LogP contribution in [0.1, 0.15) is 44.9 Å². The van der Waals surface area contributed by atoms with E-state index in [1.165, 1.54) is 38.5 Å². The number of rotatable bonds is 6. The van der Waals surface area contributed by atoms with E-state index in [0.29, 0.717) is 6.04 Å². The van der Waals surface area contributed by atoms with Crippen LogP contribution in [-0.4, -0.2) is 34.3 Å². The van der Waals surface area contributed by atoms with Gasteiger partial charge in [-0.3, -0.25) is 0 Å². The second-order valence-corrected chi connectivity index (χ2v) is 5.13. The Morgan fingerprint density at radius 1 is 1.11 bits per heavy atom. The van der Waals surface area contributed by atoms with E-state index in [9.17, 15) is 0 Å². The van der Waals surface area contributed by atoms with E-state index in [-0.39, 0.29) is 6.61 Å². The van der Waals surface area contributed by atoms with Gasteiger partial charge in [0.05, 0.1) is 0 Å². The number of anilines is 2. The summed E-state index contributed by atoms with van der Waals surface area (Å²) in [5.41, 5.74) is 0. The molecule has 1 aromatic heterocycles. The lowest BCUT2D eigenvalue weighted by Crippen LogP contribution is -2.19. The van der Waals surface area contributed by atoms with Crippen LogP contribution in [0.25, 0.3) is 0 Å². The van der Waals surface area contributed by atoms with Gasteiger partial charge in [0, 0.05) is 25.3 Å². The molecule has 0 saturated heterocycles. The second-order valence-electron chi connectivity index (χ2n) is 5.13. The van der Waals surface area contributed by atoms with Gasteiger partial charge in [0.2, 0.25) is 0 Å². The number of nitrogens with zero attached hydrogens (tertiary/aromatic N) is 2. The molecule has 19 heavy (non-hydrogen) atoms. The molecule has 1 aliphatic rings. The molecule has 0 spiro atoms. The highest BCUT2D eigenvalue weighted by Crippen LogP contribution is 2.20. The fraction of sp³-hybridized carbons (Fsp3) is 0.714. The van der Waals surface area contributed by atoms with E-state index in [1.54, 1.807) is 6.33 Å². The van der Waals surface area contributed by atoms with Crippen LogP contribution in [0.4, 0.5) is 11.6 Å². The quantitative estimate of drug-likeness (QED) is 0.543. The number of aromatic nitrogens is 2. The Labute approximate surface area is 114 Å². The molecule has 1 saturated carbocycles. The molecule has 0 radical (unpaired) electrons. The Bertz CT molecular complexity index is 364. The van der Waals surface area contributed by atoms with Gasteiger partial charge in [-0.15, -0.1) is 0 Å². The number of hydrogen-bond acceptors (Lipinski definition) is 5. The van der Waals surface area contributed by atoms with Gasteiger partial charge in [-0.25, -0.2) is 9.97 Å². The summed E-state index contributed by atoms with van der Waals surface area (Å²) in [6.07, 6.45) is 10.1. The number of hydrogen-bond donors (Lipinski definition) is 3. The Kier molecular flexibility index (Phi) is 5.88. The number of aliphatic hydroxyl groups excluding tert-OH is 1. The van der Waals surface area contributed by atoms with E-state index >= 15 is 0 Å². The normalized spacial score (nSPS) is 16.9. The van der Waals surface area contributed by atoms with Gasteiger partial charge in [-0.05, 0) is 19.3 Å². The van der Waals surface area contributed by atoms with Crippen LogP contribution in [0.3, 0.4) is 0 Å². The van der Waals surface area contributed by atoms with Gasteiger partial charge in [0.25, 0.3) is 0 Å². The molecule has 106 valence electrons. The number of nitrogens with one attached hydrogen (secondary N) is 2. The SMILES string of the molecule is OCCCNc1cc(NC2CCCCCC2)ncn1. The van der Waals surface area contributed by atoms with E-state index in [1.807, 2.05) is 6.07 Å². The molecule has 1 heterocycles. The predicted octanol–water partition coefficient (Wildman–Crippen LogP) is 2.41. The van der Waals surface area contributed by atoms with Gasteiger partial charge in [0.15, 0.2) is 0 Å². The molecule has 1 aliphatic carbocycles. The van der Waals surface area contributed by atoms with Crippen molar-refractivity contribution in [1.82, 2.24) is 9.97 Å². The first-order valence-electron chi connectivity index (χ1n) is 7.32. The van der Waals surface area contributed by atoms with Crippen LogP contribution in [-0.2, 0) is 0 Å². The standard InChI is InChI=1S/C14H24N4O/c19-9-5-8-15-13-10-14(17-11-16-13)18-12-6-3-1-2-4-7-12/h10-12,19H,1-9H2,(H2,15,16,17,18). The van der Waals surface area contributed by atoms with Crippen LogP contribution >= 0.6 is 0 Å². The lowest BCUT2D eigenvalue weighted by atomic mass is 10.1. The molecule has 0 aliphatic heterocycles. The maximum Gasteiger partial charge on any atom is 0.131 e. The third-order valence-electron chi connectivity index (χ3n) is 3.52. The zero-order valence-electron chi connectivity index (χ0n) is 11.4. The molecule has 1 fully saturated rings. The molecule has 5 nitrogen and oxygen atoms in total. The molecular weight excluding hydrogens is 240 g/mol. The smallest absolute Gasteiger partial charge is 0.131 e. The average molecular weight is 264 g/mol. The minimum atomic E-state index is 0.200. The first-order valence-corrected chi connectivity index (χ1v) is 7.32. The maximum absolute atomic E-state index is 8.76. The topological polar surface area (TPSA) is 70.1 Å². The van der Waals surface area contributed by atoms with Gasteiger partial charge < -0.3 is 15.7 Å². The zero-order valence-corrected chi connectivity index (χ0v) is 11.4. The van der Waals surface area contributed by atoms with Crippen molar-refractivity contribution in [2.45, 2.75) is 51.0 Å². The summed E-state index contributed by atoms with van der Waals surface area (Å²) < 4.78 is 0. The van der Waals surface area contributed by atoms with Gasteiger partial charge in [-0.2, -0.15) is 0 Å². The lowest BCUT2D eigenvalue weighted by Gasteiger charge is -2.17. The van der Waals surface area contributed by atoms with E-state index in [0.717, 1.165) is 24.6 Å². The summed E-state index contributed by atoms with van der Waals surface area (Å²) in [6, 6.07) is 2.49. The highest BCUT2D eigenvalue weighted by Gasteiger charge is 2.12. The van der Waals surface area contributed by atoms with Crippen LogP contribution in [0.15, 0.2) is 12.4 Å². The third-order valence-corrected chi connectivity index (χ3v) is 3.52. The summed E-state index contributed by atoms with van der Waals surface area (Å²) in [5, 5.41) is 15.5. The van der Waals surface area contributed by atoms with E-state index in [4.69, 9.17) is 5.11 Å². The minimum Gasteiger partial charge on any atom is -0.396 e. The van der Waals surface area contributed by atoms with Gasteiger partial charge >= 0.3 is 0 Å². The lowest BCUT2D eigenvalue weighted by molar-refractivity contribution is 0.292. The zero-order chi connectivity index (χ0) is 13.3. The molecule has 0 bridgehead atoms. The van der Waals surface area contributed by atoms with E-state index in [2.05, 4.69) is 20.6 Å². The van der Waals surface area contributed by atoms with Crippen molar-refractivity contribution in [2.75, 3.05) is 23.8 Å². The molecule has 5 heteroatoms. The van der Waals surface area contributed by atoms with Gasteiger partial charge in [0.1, 0.15) is 18.0 Å². The molecule has 0 unspecified atom stereocenters. The van der Waals surface area contributed by atoms with Crippen molar-refractivity contribution < 1.29 is 5.11 Å². The predicted molar refractivity (Wildman–Crippen MR) is 77.3 cm³/mol. The Morgan fingerprint density at radius 3 is 2.58 bits per heavy atom. The monoisotopic (exact) mass is 264 g/mol. The summed E-state index contributed by atoms with van der Waals surface area (Å²) in [7, 11) is 0. The molecule has 2 rings (SSSR count). The Balaban J connectivity index is 1.86. The fourth-order valence-corrected chi connectivity index (χ4v) is 2.46. The molecule has 0 aromatic carbocycles. The largest absolute Gasteiger partial charge is 0.396 e. The van der Waals surface area contributed by atoms with Crippen LogP contribution in [0.5, 0.6) is 0 Å². The summed E-state index contributed by atoms with van der Waals surface area (Å²) in [4.78, 5) is 8.46. The van der Waals surface area contributed by atoms with Crippen LogP contribution < -0.4 is 10.6 Å². The first kappa shape index (κ1) is 14.1. The molecule has 0 amide bonds. The van der Waals surface area contributed by atoms with Crippen molar-refractivity contribution in [3.8, 4) is 0 Å². The minimum absolute atomic E-state index is 0.200. The summed E-state index contributed by atoms with van der Waals surface area (Å²) >= 11 is 0. The Morgan fingerprint density at radius 2 is 1.84 bits per heavy atom. The van der Waals surface area contributed by atoms with Crippen molar-refractivity contribution in [3.63, 3.8) is 0 Å². The maximum atomic E-state index is 8.76. The van der Waals surface area contributed by atoms with Crippen molar-refractivity contribution in [1.29, 1.82) is 0 Å². The highest BCUT2D eigenvalue weighted by atomic mass is 16.3. The van der Waals surface area contributed by atoms with Crippen LogP contribution in [0.2, 0.25) is 0 Å². The van der Waals surface area contributed by atoms with Crippen molar-refractivity contribution in [2.24, 2.45) is 0 Å². The van der Waals surface area contributed by atoms with Gasteiger partial charge in [-0.1, -0.05) is 25.7 Å². The molecule has 3 N–H and O–H groups in total. The molecule has 1 aromatic rings. The third kappa shape index (κ3) is 5.03. The molecule has 0 atom stereocenters. The second kappa shape index (κ2) is 7.94. The summed E-state index contributed by atoms with van der Waals surface area (Å²) in [5.74, 6) is 1.72. The fourth-order valence-electron chi connectivity index (χ4n) is 2.46.